The molecule has 0 heterocycles. The van der Waals surface area contributed by atoms with Gasteiger partial charge in [0.05, 0.1) is 6.04 Å². The number of hydrogen-bond acceptors (Lipinski definition) is 4. The van der Waals surface area contributed by atoms with Gasteiger partial charge in [-0.2, -0.15) is 0 Å². The number of carboxylic acid groups (broad SMARTS) is 1. The van der Waals surface area contributed by atoms with E-state index in [9.17, 15) is 9.59 Å². The number of rotatable bonds is 11. The fraction of sp³-hybridized carbons (Fsp3) is 0.833. The highest BCUT2D eigenvalue weighted by atomic mass is 16.4. The number of likely N-dealkylation sites (N-methyl/N-ethyl adjacent to an activating group) is 1. The van der Waals surface area contributed by atoms with E-state index in [2.05, 4.69) is 10.6 Å². The van der Waals surface area contributed by atoms with Crippen LogP contribution in [0.25, 0.3) is 0 Å². The molecule has 1 atom stereocenters. The van der Waals surface area contributed by atoms with E-state index in [1.807, 2.05) is 0 Å². The Morgan fingerprint density at radius 2 is 1.89 bits per heavy atom. The van der Waals surface area contributed by atoms with Crippen molar-refractivity contribution in [3.8, 4) is 0 Å². The summed E-state index contributed by atoms with van der Waals surface area (Å²) < 4.78 is 0. The zero-order chi connectivity index (χ0) is 13.8. The van der Waals surface area contributed by atoms with Crippen molar-refractivity contribution in [2.75, 3.05) is 20.1 Å². The summed E-state index contributed by atoms with van der Waals surface area (Å²) in [7, 11) is 1.66. The van der Waals surface area contributed by atoms with Crippen LogP contribution in [0.15, 0.2) is 0 Å². The molecule has 18 heavy (non-hydrogen) atoms. The minimum atomic E-state index is -0.884. The summed E-state index contributed by atoms with van der Waals surface area (Å²) in [5, 5.41) is 14.2. The minimum Gasteiger partial charge on any atom is -0.481 e. The highest BCUT2D eigenvalue weighted by molar-refractivity contribution is 5.82. The van der Waals surface area contributed by atoms with Crippen LogP contribution in [0.5, 0.6) is 0 Å². The molecule has 0 aromatic heterocycles. The normalized spacial score (nSPS) is 12.1. The second kappa shape index (κ2) is 11.0. The summed E-state index contributed by atoms with van der Waals surface area (Å²) in [6.07, 6.45) is 4.39. The lowest BCUT2D eigenvalue weighted by atomic mass is 10.1. The lowest BCUT2D eigenvalue weighted by Gasteiger charge is -2.14. The summed E-state index contributed by atoms with van der Waals surface area (Å²) in [4.78, 5) is 22.1. The molecular weight excluding hydrogens is 234 g/mol. The van der Waals surface area contributed by atoms with Gasteiger partial charge in [-0.05, 0) is 32.9 Å². The predicted molar refractivity (Wildman–Crippen MR) is 70.2 cm³/mol. The molecule has 1 unspecified atom stereocenters. The zero-order valence-electron chi connectivity index (χ0n) is 11.1. The van der Waals surface area contributed by atoms with Gasteiger partial charge >= 0.3 is 5.97 Å². The molecule has 1 amide bonds. The third-order valence-corrected chi connectivity index (χ3v) is 2.74. The van der Waals surface area contributed by atoms with Crippen LogP contribution in [0.2, 0.25) is 0 Å². The van der Waals surface area contributed by atoms with Gasteiger partial charge in [0, 0.05) is 13.0 Å². The fourth-order valence-corrected chi connectivity index (χ4v) is 1.63. The smallest absolute Gasteiger partial charge is 0.303 e. The highest BCUT2D eigenvalue weighted by Gasteiger charge is 2.16. The maximum absolute atomic E-state index is 11.7. The summed E-state index contributed by atoms with van der Waals surface area (Å²) in [6.45, 7) is 1.35. The van der Waals surface area contributed by atoms with Crippen molar-refractivity contribution < 1.29 is 14.7 Å². The van der Waals surface area contributed by atoms with E-state index in [0.29, 0.717) is 19.5 Å². The van der Waals surface area contributed by atoms with E-state index in [4.69, 9.17) is 10.8 Å². The Kier molecular flexibility index (Phi) is 10.3. The van der Waals surface area contributed by atoms with Gasteiger partial charge < -0.3 is 21.5 Å². The Balaban J connectivity index is 3.66. The van der Waals surface area contributed by atoms with Crippen molar-refractivity contribution in [3.63, 3.8) is 0 Å². The second-order valence-electron chi connectivity index (χ2n) is 4.27. The van der Waals surface area contributed by atoms with E-state index in [-0.39, 0.29) is 12.3 Å². The number of carbonyl (C=O) groups is 2. The maximum atomic E-state index is 11.7. The van der Waals surface area contributed by atoms with Crippen LogP contribution in [-0.4, -0.2) is 43.2 Å². The Morgan fingerprint density at radius 3 is 2.44 bits per heavy atom. The van der Waals surface area contributed by atoms with Crippen molar-refractivity contribution in [3.05, 3.63) is 0 Å². The molecule has 0 aliphatic rings. The summed E-state index contributed by atoms with van der Waals surface area (Å²) in [5.74, 6) is -1.01. The Labute approximate surface area is 108 Å². The van der Waals surface area contributed by atoms with Crippen LogP contribution < -0.4 is 16.4 Å². The van der Waals surface area contributed by atoms with E-state index in [0.717, 1.165) is 25.7 Å². The van der Waals surface area contributed by atoms with Gasteiger partial charge in [0.25, 0.3) is 0 Å². The fourth-order valence-electron chi connectivity index (χ4n) is 1.63. The zero-order valence-corrected chi connectivity index (χ0v) is 11.1. The summed E-state index contributed by atoms with van der Waals surface area (Å²) >= 11 is 0. The number of carboxylic acids is 1. The largest absolute Gasteiger partial charge is 0.481 e. The SMILES string of the molecule is CNC(CCC(=O)O)C(=O)NCCCCCCN. The Bertz CT molecular complexity index is 247. The first kappa shape index (κ1) is 16.9. The molecule has 0 aromatic carbocycles. The molecule has 0 saturated carbocycles. The number of aliphatic carboxylic acids is 1. The molecular formula is C12H25N3O3. The third kappa shape index (κ3) is 8.95. The number of unbranched alkanes of at least 4 members (excludes halogenated alkanes) is 3. The molecule has 0 saturated heterocycles. The molecule has 0 aliphatic heterocycles. The van der Waals surface area contributed by atoms with Gasteiger partial charge in [-0.15, -0.1) is 0 Å². The highest BCUT2D eigenvalue weighted by Crippen LogP contribution is 1.99. The average molecular weight is 259 g/mol. The van der Waals surface area contributed by atoms with E-state index in [1.54, 1.807) is 7.05 Å². The van der Waals surface area contributed by atoms with Gasteiger partial charge in [-0.1, -0.05) is 12.8 Å². The summed E-state index contributed by atoms with van der Waals surface area (Å²) in [5.41, 5.74) is 5.38. The van der Waals surface area contributed by atoms with Gasteiger partial charge in [0.1, 0.15) is 0 Å². The molecule has 6 nitrogen and oxygen atoms in total. The van der Waals surface area contributed by atoms with E-state index in [1.165, 1.54) is 0 Å². The molecule has 0 aliphatic carbocycles. The van der Waals surface area contributed by atoms with Crippen molar-refractivity contribution in [2.45, 2.75) is 44.6 Å². The van der Waals surface area contributed by atoms with Gasteiger partial charge in [-0.25, -0.2) is 0 Å². The van der Waals surface area contributed by atoms with Crippen LogP contribution in [-0.2, 0) is 9.59 Å². The third-order valence-electron chi connectivity index (χ3n) is 2.74. The maximum Gasteiger partial charge on any atom is 0.303 e. The molecule has 0 rings (SSSR count). The molecule has 0 aromatic rings. The van der Waals surface area contributed by atoms with Gasteiger partial charge in [0.2, 0.25) is 5.91 Å². The van der Waals surface area contributed by atoms with Crippen LogP contribution >= 0.6 is 0 Å². The molecule has 0 spiro atoms. The molecule has 0 bridgehead atoms. The lowest BCUT2D eigenvalue weighted by Crippen LogP contribution is -2.43. The second-order valence-corrected chi connectivity index (χ2v) is 4.27. The van der Waals surface area contributed by atoms with Gasteiger partial charge in [0.15, 0.2) is 0 Å². The molecule has 106 valence electrons. The van der Waals surface area contributed by atoms with Crippen molar-refractivity contribution in [1.82, 2.24) is 10.6 Å². The number of nitrogens with two attached hydrogens (primary N) is 1. The van der Waals surface area contributed by atoms with Crippen LogP contribution in [0, 0.1) is 0 Å². The number of nitrogens with one attached hydrogen (secondary N) is 2. The lowest BCUT2D eigenvalue weighted by molar-refractivity contribution is -0.137. The first-order valence-electron chi connectivity index (χ1n) is 6.48. The van der Waals surface area contributed by atoms with Crippen molar-refractivity contribution in [2.24, 2.45) is 5.73 Å². The van der Waals surface area contributed by atoms with E-state index >= 15 is 0 Å². The molecule has 6 heteroatoms. The molecule has 5 N–H and O–H groups in total. The number of amides is 1. The number of hydrogen-bond donors (Lipinski definition) is 4. The van der Waals surface area contributed by atoms with Crippen molar-refractivity contribution in [1.29, 1.82) is 0 Å². The Morgan fingerprint density at radius 1 is 1.22 bits per heavy atom. The van der Waals surface area contributed by atoms with Crippen LogP contribution in [0.3, 0.4) is 0 Å². The monoisotopic (exact) mass is 259 g/mol. The average Bonchev–Trinajstić information content (AvgIpc) is 2.34. The first-order chi connectivity index (χ1) is 8.61. The standard InChI is InChI=1S/C12H25N3O3/c1-14-10(6-7-11(16)17)12(18)15-9-5-3-2-4-8-13/h10,14H,2-9,13H2,1H3,(H,15,18)(H,16,17). The van der Waals surface area contributed by atoms with Crippen molar-refractivity contribution >= 4 is 11.9 Å². The first-order valence-corrected chi connectivity index (χ1v) is 6.48. The predicted octanol–water partition coefficient (Wildman–Crippen LogP) is 0.0745. The number of carbonyl (C=O) groups excluding carboxylic acids is 1. The van der Waals surface area contributed by atoms with Gasteiger partial charge in [-0.3, -0.25) is 9.59 Å². The molecule has 0 radical (unpaired) electrons. The Hall–Kier alpha value is -1.14. The summed E-state index contributed by atoms with van der Waals surface area (Å²) in [6, 6.07) is -0.426. The topological polar surface area (TPSA) is 104 Å². The molecule has 0 fully saturated rings. The minimum absolute atomic E-state index is 0.00454. The van der Waals surface area contributed by atoms with Crippen LogP contribution in [0.1, 0.15) is 38.5 Å². The van der Waals surface area contributed by atoms with Crippen LogP contribution in [0.4, 0.5) is 0 Å². The quantitative estimate of drug-likeness (QED) is 0.393. The van der Waals surface area contributed by atoms with E-state index < -0.39 is 12.0 Å².